The maximum atomic E-state index is 13.3. The molecule has 0 heterocycles. The van der Waals surface area contributed by atoms with Crippen LogP contribution in [0.3, 0.4) is 0 Å². The van der Waals surface area contributed by atoms with Gasteiger partial charge in [-0.25, -0.2) is 0 Å². The molecule has 0 radical (unpaired) electrons. The summed E-state index contributed by atoms with van der Waals surface area (Å²) in [6.45, 7) is 0. The zero-order chi connectivity index (χ0) is 28.4. The van der Waals surface area contributed by atoms with Crippen molar-refractivity contribution in [2.24, 2.45) is 0 Å². The van der Waals surface area contributed by atoms with Crippen LogP contribution < -0.4 is 23.7 Å². The summed E-state index contributed by atoms with van der Waals surface area (Å²) in [6, 6.07) is 14.9. The van der Waals surface area contributed by atoms with E-state index < -0.39 is 11.6 Å². The lowest BCUT2D eigenvalue weighted by molar-refractivity contribution is -0.116. The second-order valence-electron chi connectivity index (χ2n) is 8.11. The van der Waals surface area contributed by atoms with Crippen LogP contribution in [0.5, 0.6) is 34.5 Å². The molecule has 3 aromatic carbocycles. The number of ether oxygens (including phenoxy) is 5. The maximum absolute atomic E-state index is 13.3. The largest absolute Gasteiger partial charge is 0.504 e. The van der Waals surface area contributed by atoms with E-state index in [1.54, 1.807) is 54.6 Å². The molecule has 0 aliphatic rings. The van der Waals surface area contributed by atoms with Crippen LogP contribution in [0.25, 0.3) is 18.2 Å². The van der Waals surface area contributed by atoms with Crippen molar-refractivity contribution in [1.82, 2.24) is 0 Å². The van der Waals surface area contributed by atoms with Gasteiger partial charge in [0.1, 0.15) is 0 Å². The quantitative estimate of drug-likeness (QED) is 0.189. The van der Waals surface area contributed by atoms with E-state index in [1.165, 1.54) is 65.9 Å². The molecule has 39 heavy (non-hydrogen) atoms. The summed E-state index contributed by atoms with van der Waals surface area (Å²) in [4.78, 5) is 26.5. The number of allylic oxidation sites excluding steroid dienone is 3. The number of hydrogen-bond acceptors (Lipinski definition) is 8. The lowest BCUT2D eigenvalue weighted by Crippen LogP contribution is -2.08. The van der Waals surface area contributed by atoms with Crippen molar-refractivity contribution >= 4 is 29.8 Å². The Labute approximate surface area is 227 Å². The first-order valence-electron chi connectivity index (χ1n) is 11.8. The van der Waals surface area contributed by atoms with E-state index in [0.29, 0.717) is 39.7 Å². The fourth-order valence-electron chi connectivity index (χ4n) is 3.65. The SMILES string of the molecule is COc1cc(C=C(C(=O)/C=C/c2ccc(OC)c(OC)c2)C(=O)/C=C/c2ccc(OC)c(OC)c2)ccc1O. The van der Waals surface area contributed by atoms with E-state index in [-0.39, 0.29) is 17.1 Å². The summed E-state index contributed by atoms with van der Waals surface area (Å²) in [5.74, 6) is 1.25. The molecule has 0 fully saturated rings. The zero-order valence-corrected chi connectivity index (χ0v) is 22.4. The minimum Gasteiger partial charge on any atom is -0.504 e. The average Bonchev–Trinajstić information content (AvgIpc) is 2.97. The Bertz CT molecular complexity index is 1350. The monoisotopic (exact) mass is 530 g/mol. The Morgan fingerprint density at radius 1 is 0.564 bits per heavy atom. The van der Waals surface area contributed by atoms with Crippen LogP contribution in [-0.4, -0.2) is 52.2 Å². The molecule has 0 aromatic heterocycles. The molecular formula is C31H30O8. The number of methoxy groups -OCH3 is 5. The topological polar surface area (TPSA) is 101 Å². The maximum Gasteiger partial charge on any atom is 0.189 e. The molecule has 8 heteroatoms. The van der Waals surface area contributed by atoms with Gasteiger partial charge in [0.2, 0.25) is 0 Å². The molecule has 0 saturated carbocycles. The zero-order valence-electron chi connectivity index (χ0n) is 22.4. The Kier molecular flexibility index (Phi) is 9.92. The lowest BCUT2D eigenvalue weighted by atomic mass is 10.0. The number of benzene rings is 3. The first-order valence-corrected chi connectivity index (χ1v) is 11.8. The van der Waals surface area contributed by atoms with Crippen LogP contribution in [-0.2, 0) is 9.59 Å². The highest BCUT2D eigenvalue weighted by atomic mass is 16.5. The van der Waals surface area contributed by atoms with Crippen LogP contribution in [0.1, 0.15) is 16.7 Å². The molecule has 1 N–H and O–H groups in total. The second kappa shape index (κ2) is 13.5. The Balaban J connectivity index is 1.97. The Morgan fingerprint density at radius 3 is 1.41 bits per heavy atom. The average molecular weight is 531 g/mol. The highest BCUT2D eigenvalue weighted by Gasteiger charge is 2.15. The van der Waals surface area contributed by atoms with Crippen molar-refractivity contribution in [1.29, 1.82) is 0 Å². The normalized spacial score (nSPS) is 10.8. The standard InChI is InChI=1S/C31H30O8/c1-35-27-14-9-20(17-30(27)38-4)6-11-24(32)23(16-22-8-13-26(34)29(19-22)37-3)25(33)12-7-21-10-15-28(36-2)31(18-21)39-5/h6-19,34H,1-5H3/b11-6+,12-7+. The van der Waals surface area contributed by atoms with Gasteiger partial charge in [-0.2, -0.15) is 0 Å². The summed E-state index contributed by atoms with van der Waals surface area (Å²) < 4.78 is 26.3. The van der Waals surface area contributed by atoms with Crippen molar-refractivity contribution in [3.63, 3.8) is 0 Å². The first kappa shape index (κ1) is 28.6. The first-order chi connectivity index (χ1) is 18.8. The number of carbonyl (C=O) groups is 2. The highest BCUT2D eigenvalue weighted by Crippen LogP contribution is 2.30. The van der Waals surface area contributed by atoms with Crippen molar-refractivity contribution in [2.45, 2.75) is 0 Å². The van der Waals surface area contributed by atoms with Gasteiger partial charge in [0.15, 0.2) is 46.1 Å². The molecule has 0 spiro atoms. The van der Waals surface area contributed by atoms with E-state index >= 15 is 0 Å². The number of carbonyl (C=O) groups excluding carboxylic acids is 2. The molecule has 0 aliphatic carbocycles. The van der Waals surface area contributed by atoms with Gasteiger partial charge in [0, 0.05) is 0 Å². The van der Waals surface area contributed by atoms with Gasteiger partial charge in [0.05, 0.1) is 41.1 Å². The molecule has 0 aliphatic heterocycles. The molecule has 0 unspecified atom stereocenters. The van der Waals surface area contributed by atoms with Gasteiger partial charge in [0.25, 0.3) is 0 Å². The van der Waals surface area contributed by atoms with Crippen LogP contribution in [0.4, 0.5) is 0 Å². The van der Waals surface area contributed by atoms with Crippen molar-refractivity contribution in [2.75, 3.05) is 35.5 Å². The molecule has 3 aromatic rings. The number of rotatable bonds is 12. The summed E-state index contributed by atoms with van der Waals surface area (Å²) >= 11 is 0. The predicted molar refractivity (Wildman–Crippen MR) is 150 cm³/mol. The number of hydrogen-bond donors (Lipinski definition) is 1. The predicted octanol–water partition coefficient (Wildman–Crippen LogP) is 5.38. The summed E-state index contributed by atoms with van der Waals surface area (Å²) in [5.41, 5.74) is 1.77. The number of aromatic hydroxyl groups is 1. The summed E-state index contributed by atoms with van der Waals surface area (Å²) in [7, 11) is 7.53. The van der Waals surface area contributed by atoms with Crippen LogP contribution in [0, 0.1) is 0 Å². The number of phenols is 1. The molecule has 202 valence electrons. The number of ketones is 2. The molecule has 0 bridgehead atoms. The third-order valence-electron chi connectivity index (χ3n) is 5.72. The van der Waals surface area contributed by atoms with Gasteiger partial charge < -0.3 is 28.8 Å². The fraction of sp³-hybridized carbons (Fsp3) is 0.161. The summed E-state index contributed by atoms with van der Waals surface area (Å²) in [6.07, 6.45) is 7.24. The fourth-order valence-corrected chi connectivity index (χ4v) is 3.65. The molecular weight excluding hydrogens is 500 g/mol. The second-order valence-corrected chi connectivity index (χ2v) is 8.11. The van der Waals surface area contributed by atoms with Crippen LogP contribution >= 0.6 is 0 Å². The number of phenolic OH excluding ortho intramolecular Hbond substituents is 1. The van der Waals surface area contributed by atoms with E-state index in [4.69, 9.17) is 23.7 Å². The van der Waals surface area contributed by atoms with Crippen molar-refractivity contribution < 1.29 is 38.4 Å². The minimum absolute atomic E-state index is 0.0597. The minimum atomic E-state index is -0.515. The van der Waals surface area contributed by atoms with Gasteiger partial charge in [-0.05, 0) is 71.3 Å². The van der Waals surface area contributed by atoms with Crippen LogP contribution in [0.15, 0.2) is 72.3 Å². The Hall–Kier alpha value is -4.98. The van der Waals surface area contributed by atoms with Crippen molar-refractivity contribution in [3.05, 3.63) is 89.0 Å². The molecule has 8 nitrogen and oxygen atoms in total. The van der Waals surface area contributed by atoms with E-state index in [0.717, 1.165) is 0 Å². The third kappa shape index (κ3) is 7.29. The van der Waals surface area contributed by atoms with Gasteiger partial charge in [-0.3, -0.25) is 9.59 Å². The molecule has 0 amide bonds. The van der Waals surface area contributed by atoms with E-state index in [1.807, 2.05) is 0 Å². The summed E-state index contributed by atoms with van der Waals surface area (Å²) in [5, 5.41) is 9.93. The Morgan fingerprint density at radius 2 is 0.974 bits per heavy atom. The van der Waals surface area contributed by atoms with Crippen molar-refractivity contribution in [3.8, 4) is 34.5 Å². The third-order valence-corrected chi connectivity index (χ3v) is 5.72. The molecule has 0 atom stereocenters. The van der Waals surface area contributed by atoms with Gasteiger partial charge in [-0.15, -0.1) is 0 Å². The smallest absolute Gasteiger partial charge is 0.189 e. The van der Waals surface area contributed by atoms with Gasteiger partial charge >= 0.3 is 0 Å². The lowest BCUT2D eigenvalue weighted by Gasteiger charge is -2.08. The van der Waals surface area contributed by atoms with Crippen LogP contribution in [0.2, 0.25) is 0 Å². The highest BCUT2D eigenvalue weighted by molar-refractivity contribution is 6.31. The van der Waals surface area contributed by atoms with E-state index in [2.05, 4.69) is 0 Å². The van der Waals surface area contributed by atoms with E-state index in [9.17, 15) is 14.7 Å². The molecule has 0 saturated heterocycles. The van der Waals surface area contributed by atoms with Gasteiger partial charge in [-0.1, -0.05) is 30.4 Å². The molecule has 3 rings (SSSR count).